The van der Waals surface area contributed by atoms with E-state index in [1.807, 2.05) is 0 Å². The Labute approximate surface area is 113 Å². The van der Waals surface area contributed by atoms with Gasteiger partial charge in [-0.05, 0) is 30.9 Å². The SMILES string of the molecule is O=S(=O)(CC1CCCCC1)Nc1cccnc1Cl. The van der Waals surface area contributed by atoms with Crippen LogP contribution in [-0.2, 0) is 10.0 Å². The molecule has 0 bridgehead atoms. The largest absolute Gasteiger partial charge is 0.280 e. The first-order valence-corrected chi connectivity index (χ1v) is 8.21. The summed E-state index contributed by atoms with van der Waals surface area (Å²) < 4.78 is 26.6. The van der Waals surface area contributed by atoms with E-state index in [-0.39, 0.29) is 16.8 Å². The Kier molecular flexibility index (Phi) is 4.45. The fraction of sp³-hybridized carbons (Fsp3) is 0.583. The predicted molar refractivity (Wildman–Crippen MR) is 73.2 cm³/mol. The van der Waals surface area contributed by atoms with Crippen LogP contribution in [0.25, 0.3) is 0 Å². The van der Waals surface area contributed by atoms with Crippen LogP contribution in [0.15, 0.2) is 18.3 Å². The van der Waals surface area contributed by atoms with Crippen molar-refractivity contribution in [2.24, 2.45) is 5.92 Å². The molecule has 18 heavy (non-hydrogen) atoms. The monoisotopic (exact) mass is 288 g/mol. The smallest absolute Gasteiger partial charge is 0.233 e. The van der Waals surface area contributed by atoms with Crippen LogP contribution in [0.3, 0.4) is 0 Å². The zero-order valence-electron chi connectivity index (χ0n) is 10.1. The fourth-order valence-electron chi connectivity index (χ4n) is 2.34. The number of nitrogens with one attached hydrogen (secondary N) is 1. The molecule has 1 aliphatic carbocycles. The first-order chi connectivity index (χ1) is 8.57. The number of sulfonamides is 1. The second-order valence-electron chi connectivity index (χ2n) is 4.73. The number of pyridine rings is 1. The van der Waals surface area contributed by atoms with E-state index in [1.165, 1.54) is 12.6 Å². The van der Waals surface area contributed by atoms with E-state index in [2.05, 4.69) is 9.71 Å². The average Bonchev–Trinajstić information content (AvgIpc) is 2.32. The molecule has 0 unspecified atom stereocenters. The highest BCUT2D eigenvalue weighted by molar-refractivity contribution is 7.92. The summed E-state index contributed by atoms with van der Waals surface area (Å²) in [4.78, 5) is 3.85. The molecule has 2 rings (SSSR count). The van der Waals surface area contributed by atoms with Crippen molar-refractivity contribution in [2.75, 3.05) is 10.5 Å². The standard InChI is InChI=1S/C12H17ClN2O2S/c13-12-11(7-4-8-14-12)15-18(16,17)9-10-5-2-1-3-6-10/h4,7-8,10,15H,1-3,5-6,9H2. The normalized spacial score (nSPS) is 17.6. The minimum atomic E-state index is -3.33. The van der Waals surface area contributed by atoms with Crippen LogP contribution in [-0.4, -0.2) is 19.2 Å². The van der Waals surface area contributed by atoms with Crippen LogP contribution in [0, 0.1) is 5.92 Å². The molecule has 0 aromatic carbocycles. The van der Waals surface area contributed by atoms with Gasteiger partial charge in [0.15, 0.2) is 5.15 Å². The molecular formula is C12H17ClN2O2S. The summed E-state index contributed by atoms with van der Waals surface area (Å²) in [5.74, 6) is 0.449. The van der Waals surface area contributed by atoms with Gasteiger partial charge in [-0.25, -0.2) is 13.4 Å². The molecule has 1 aromatic rings. The molecule has 0 saturated heterocycles. The van der Waals surface area contributed by atoms with E-state index in [0.717, 1.165) is 25.7 Å². The van der Waals surface area contributed by atoms with E-state index in [1.54, 1.807) is 12.1 Å². The van der Waals surface area contributed by atoms with Gasteiger partial charge in [0.05, 0.1) is 11.4 Å². The predicted octanol–water partition coefficient (Wildman–Crippen LogP) is 3.06. The van der Waals surface area contributed by atoms with Crippen LogP contribution in [0.5, 0.6) is 0 Å². The Balaban J connectivity index is 2.01. The summed E-state index contributed by atoms with van der Waals surface area (Å²) in [5, 5.41) is 0.185. The van der Waals surface area contributed by atoms with E-state index in [9.17, 15) is 8.42 Å². The third-order valence-electron chi connectivity index (χ3n) is 3.20. The molecule has 0 spiro atoms. The Morgan fingerprint density at radius 2 is 2.06 bits per heavy atom. The molecule has 100 valence electrons. The van der Waals surface area contributed by atoms with Gasteiger partial charge < -0.3 is 0 Å². The summed E-state index contributed by atoms with van der Waals surface area (Å²) in [5.41, 5.74) is 0.356. The van der Waals surface area contributed by atoms with Gasteiger partial charge >= 0.3 is 0 Å². The lowest BCUT2D eigenvalue weighted by atomic mass is 9.91. The Morgan fingerprint density at radius 3 is 2.72 bits per heavy atom. The number of halogens is 1. The van der Waals surface area contributed by atoms with Crippen LogP contribution in [0.2, 0.25) is 5.15 Å². The average molecular weight is 289 g/mol. The first kappa shape index (κ1) is 13.6. The van der Waals surface area contributed by atoms with E-state index in [4.69, 9.17) is 11.6 Å². The molecule has 1 heterocycles. The summed E-state index contributed by atoms with van der Waals surface area (Å²) in [6.07, 6.45) is 7.02. The van der Waals surface area contributed by atoms with Crippen molar-refractivity contribution >= 4 is 27.3 Å². The molecule has 1 fully saturated rings. The highest BCUT2D eigenvalue weighted by Crippen LogP contribution is 2.26. The highest BCUT2D eigenvalue weighted by Gasteiger charge is 2.21. The summed E-state index contributed by atoms with van der Waals surface area (Å²) in [6, 6.07) is 3.28. The van der Waals surface area contributed by atoms with Gasteiger partial charge in [0.1, 0.15) is 0 Å². The van der Waals surface area contributed by atoms with E-state index < -0.39 is 10.0 Å². The van der Waals surface area contributed by atoms with Crippen molar-refractivity contribution in [3.05, 3.63) is 23.5 Å². The molecule has 0 radical (unpaired) electrons. The summed E-state index contributed by atoms with van der Waals surface area (Å²) in [6.45, 7) is 0. The van der Waals surface area contributed by atoms with Gasteiger partial charge in [0.2, 0.25) is 10.0 Å². The number of nitrogens with zero attached hydrogens (tertiary/aromatic N) is 1. The quantitative estimate of drug-likeness (QED) is 0.866. The Hall–Kier alpha value is -0.810. The minimum Gasteiger partial charge on any atom is -0.280 e. The van der Waals surface area contributed by atoms with Crippen molar-refractivity contribution in [3.8, 4) is 0 Å². The molecule has 4 nitrogen and oxygen atoms in total. The zero-order chi connectivity index (χ0) is 13.0. The maximum absolute atomic E-state index is 12.0. The summed E-state index contributed by atoms with van der Waals surface area (Å²) in [7, 11) is -3.33. The van der Waals surface area contributed by atoms with Gasteiger partial charge in [0.25, 0.3) is 0 Å². The molecule has 6 heteroatoms. The van der Waals surface area contributed by atoms with Gasteiger partial charge in [-0.2, -0.15) is 0 Å². The van der Waals surface area contributed by atoms with Crippen molar-refractivity contribution in [2.45, 2.75) is 32.1 Å². The maximum atomic E-state index is 12.0. The second kappa shape index (κ2) is 5.89. The molecule has 1 aliphatic rings. The molecule has 0 atom stereocenters. The minimum absolute atomic E-state index is 0.179. The van der Waals surface area contributed by atoms with Crippen LogP contribution < -0.4 is 4.72 Å². The lowest BCUT2D eigenvalue weighted by Crippen LogP contribution is -2.24. The van der Waals surface area contributed by atoms with Crippen molar-refractivity contribution < 1.29 is 8.42 Å². The van der Waals surface area contributed by atoms with Gasteiger partial charge in [0, 0.05) is 6.20 Å². The van der Waals surface area contributed by atoms with Crippen LogP contribution in [0.4, 0.5) is 5.69 Å². The molecule has 1 aromatic heterocycles. The fourth-order valence-corrected chi connectivity index (χ4v) is 4.10. The van der Waals surface area contributed by atoms with Crippen molar-refractivity contribution in [1.82, 2.24) is 4.98 Å². The molecule has 0 amide bonds. The zero-order valence-corrected chi connectivity index (χ0v) is 11.7. The number of rotatable bonds is 4. The molecule has 1 N–H and O–H groups in total. The third-order valence-corrected chi connectivity index (χ3v) is 4.95. The Morgan fingerprint density at radius 1 is 1.33 bits per heavy atom. The maximum Gasteiger partial charge on any atom is 0.233 e. The number of hydrogen-bond donors (Lipinski definition) is 1. The lowest BCUT2D eigenvalue weighted by Gasteiger charge is -2.21. The van der Waals surface area contributed by atoms with E-state index >= 15 is 0 Å². The van der Waals surface area contributed by atoms with E-state index in [0.29, 0.717) is 5.69 Å². The highest BCUT2D eigenvalue weighted by atomic mass is 35.5. The Bertz CT molecular complexity index is 499. The summed E-state index contributed by atoms with van der Waals surface area (Å²) >= 11 is 5.83. The number of aromatic nitrogens is 1. The van der Waals surface area contributed by atoms with Gasteiger partial charge in [-0.3, -0.25) is 4.72 Å². The molecular weight excluding hydrogens is 272 g/mol. The lowest BCUT2D eigenvalue weighted by molar-refractivity contribution is 0.385. The van der Waals surface area contributed by atoms with Gasteiger partial charge in [-0.15, -0.1) is 0 Å². The first-order valence-electron chi connectivity index (χ1n) is 6.18. The molecule has 0 aliphatic heterocycles. The second-order valence-corrected chi connectivity index (χ2v) is 6.85. The number of anilines is 1. The topological polar surface area (TPSA) is 59.1 Å². The van der Waals surface area contributed by atoms with Crippen molar-refractivity contribution in [3.63, 3.8) is 0 Å². The number of hydrogen-bond acceptors (Lipinski definition) is 3. The van der Waals surface area contributed by atoms with Crippen LogP contribution >= 0.6 is 11.6 Å². The third kappa shape index (κ3) is 3.85. The molecule has 1 saturated carbocycles. The van der Waals surface area contributed by atoms with Crippen LogP contribution in [0.1, 0.15) is 32.1 Å². The van der Waals surface area contributed by atoms with Crippen molar-refractivity contribution in [1.29, 1.82) is 0 Å². The van der Waals surface area contributed by atoms with Gasteiger partial charge in [-0.1, -0.05) is 30.9 Å².